The molecule has 2 aliphatic rings. The lowest BCUT2D eigenvalue weighted by atomic mass is 10.0. The summed E-state index contributed by atoms with van der Waals surface area (Å²) in [6, 6.07) is 16.3. The number of ether oxygens (including phenoxy) is 2. The molecule has 2 aliphatic heterocycles. The number of amides is 4. The number of nitrogens with one attached hydrogen (secondary N) is 4. The number of imidazole rings is 2. The van der Waals surface area contributed by atoms with Gasteiger partial charge in [0.05, 0.1) is 49.2 Å². The molecule has 302 valence electrons. The van der Waals surface area contributed by atoms with Crippen LogP contribution in [0.1, 0.15) is 88.2 Å². The van der Waals surface area contributed by atoms with Crippen LogP contribution in [-0.4, -0.2) is 93.1 Å². The summed E-state index contributed by atoms with van der Waals surface area (Å²) in [7, 11) is 2.58. The first-order valence-corrected chi connectivity index (χ1v) is 19.8. The van der Waals surface area contributed by atoms with Crippen LogP contribution in [-0.2, 0) is 19.1 Å². The molecule has 14 heteroatoms. The van der Waals surface area contributed by atoms with Gasteiger partial charge in [-0.15, -0.1) is 0 Å². The van der Waals surface area contributed by atoms with Gasteiger partial charge in [0.25, 0.3) is 0 Å². The van der Waals surface area contributed by atoms with Gasteiger partial charge < -0.3 is 39.9 Å². The van der Waals surface area contributed by atoms with E-state index in [0.29, 0.717) is 18.9 Å². The second kappa shape index (κ2) is 17.0. The lowest BCUT2D eigenvalue weighted by molar-refractivity contribution is -0.136. The normalized spacial score (nSPS) is 17.7. The number of methoxy groups -OCH3 is 2. The van der Waals surface area contributed by atoms with Crippen molar-refractivity contribution in [2.75, 3.05) is 27.3 Å². The van der Waals surface area contributed by atoms with E-state index in [4.69, 9.17) is 14.5 Å². The summed E-state index contributed by atoms with van der Waals surface area (Å²) in [6.07, 6.45) is 3.76. The average molecular weight is 787 g/mol. The second-order valence-electron chi connectivity index (χ2n) is 15.6. The van der Waals surface area contributed by atoms with Gasteiger partial charge in [0.15, 0.2) is 0 Å². The molecule has 3 aromatic carbocycles. The number of benzene rings is 3. The summed E-state index contributed by atoms with van der Waals surface area (Å²) in [4.78, 5) is 71.3. The summed E-state index contributed by atoms with van der Waals surface area (Å²) in [5.41, 5.74) is 5.24. The van der Waals surface area contributed by atoms with Crippen LogP contribution in [0.25, 0.3) is 33.1 Å². The zero-order valence-corrected chi connectivity index (χ0v) is 33.7. The van der Waals surface area contributed by atoms with E-state index in [1.54, 1.807) is 11.1 Å². The van der Waals surface area contributed by atoms with E-state index in [1.807, 2.05) is 81.1 Å². The topological polar surface area (TPSA) is 175 Å². The van der Waals surface area contributed by atoms with Crippen molar-refractivity contribution in [3.8, 4) is 23.1 Å². The Morgan fingerprint density at radius 3 is 1.90 bits per heavy atom. The Morgan fingerprint density at radius 1 is 0.741 bits per heavy atom. The quantitative estimate of drug-likeness (QED) is 0.121. The molecular formula is C44H50N8O6. The number of likely N-dealkylation sites (tertiary alicyclic amines) is 2. The average Bonchev–Trinajstić information content (AvgIpc) is 4.06. The van der Waals surface area contributed by atoms with Crippen LogP contribution in [0.3, 0.4) is 0 Å². The number of carbonyl (C=O) groups is 4. The minimum Gasteiger partial charge on any atom is -0.453 e. The Bertz CT molecular complexity index is 2390. The number of aromatic nitrogens is 4. The molecule has 4 N–H and O–H groups in total. The maximum Gasteiger partial charge on any atom is 0.407 e. The van der Waals surface area contributed by atoms with Crippen molar-refractivity contribution < 1.29 is 28.7 Å². The predicted octanol–water partition coefficient (Wildman–Crippen LogP) is 6.59. The van der Waals surface area contributed by atoms with Crippen LogP contribution in [0, 0.1) is 23.7 Å². The number of alkyl carbamates (subject to hydrolysis) is 2. The Kier molecular flexibility index (Phi) is 11.7. The van der Waals surface area contributed by atoms with Crippen LogP contribution >= 0.6 is 0 Å². The summed E-state index contributed by atoms with van der Waals surface area (Å²) >= 11 is 0. The summed E-state index contributed by atoms with van der Waals surface area (Å²) in [5.74, 6) is 7.52. The van der Waals surface area contributed by atoms with Gasteiger partial charge in [-0.05, 0) is 78.8 Å². The number of nitrogens with zero attached hydrogens (tertiary/aromatic N) is 4. The Morgan fingerprint density at radius 2 is 1.31 bits per heavy atom. The zero-order valence-electron chi connectivity index (χ0n) is 33.7. The molecule has 4 amide bonds. The van der Waals surface area contributed by atoms with Crippen molar-refractivity contribution in [1.29, 1.82) is 0 Å². The molecule has 7 rings (SSSR count). The van der Waals surface area contributed by atoms with Crippen molar-refractivity contribution in [1.82, 2.24) is 40.4 Å². The highest BCUT2D eigenvalue weighted by molar-refractivity contribution is 6.04. The van der Waals surface area contributed by atoms with Crippen LogP contribution in [0.15, 0.2) is 60.8 Å². The van der Waals surface area contributed by atoms with Crippen molar-refractivity contribution in [3.63, 3.8) is 0 Å². The fourth-order valence-electron chi connectivity index (χ4n) is 7.97. The molecule has 2 saturated heterocycles. The largest absolute Gasteiger partial charge is 0.453 e. The first-order valence-electron chi connectivity index (χ1n) is 19.8. The van der Waals surface area contributed by atoms with E-state index in [2.05, 4.69) is 43.5 Å². The Hall–Kier alpha value is -6.36. The highest BCUT2D eigenvalue weighted by atomic mass is 16.5. The first kappa shape index (κ1) is 39.9. The standard InChI is InChI=1S/C44H50N8O6/c1-25(2)36(49-43(55)57-5)41(53)51-21-7-9-34(51)39-45-24-33(47-39)29-16-13-27(14-17-29)11-12-28-15-19-31-30(23-28)18-20-32-38(31)48-40(46-32)35-10-8-22-52(35)42(54)37(26(3)4)50-44(56)58-6/h13-20,23-26,34-37H,7-10,21-22H2,1-6H3,(H,45,47)(H,46,48)(H,49,55)(H,50,56)/t34-,35+,36-,37-/m0/s1. The van der Waals surface area contributed by atoms with E-state index in [1.165, 1.54) is 14.2 Å². The lowest BCUT2D eigenvalue weighted by Crippen LogP contribution is -2.51. The third-order valence-electron chi connectivity index (χ3n) is 11.1. The van der Waals surface area contributed by atoms with Crippen LogP contribution < -0.4 is 10.6 Å². The van der Waals surface area contributed by atoms with E-state index in [-0.39, 0.29) is 35.7 Å². The first-order chi connectivity index (χ1) is 27.9. The van der Waals surface area contributed by atoms with Gasteiger partial charge in [-0.3, -0.25) is 9.59 Å². The number of fused-ring (bicyclic) bond motifs is 3. The molecular weight excluding hydrogens is 737 g/mol. The number of H-pyrrole nitrogens is 2. The molecule has 2 fully saturated rings. The Balaban J connectivity index is 1.04. The van der Waals surface area contributed by atoms with E-state index >= 15 is 0 Å². The van der Waals surface area contributed by atoms with Crippen molar-refractivity contribution in [2.24, 2.45) is 11.8 Å². The highest BCUT2D eigenvalue weighted by Crippen LogP contribution is 2.35. The molecule has 0 radical (unpaired) electrons. The number of hydrogen-bond acceptors (Lipinski definition) is 8. The van der Waals surface area contributed by atoms with Gasteiger partial charge in [0, 0.05) is 29.6 Å². The maximum absolute atomic E-state index is 13.6. The molecule has 0 unspecified atom stereocenters. The minimum absolute atomic E-state index is 0.108. The summed E-state index contributed by atoms with van der Waals surface area (Å²) < 4.78 is 9.53. The molecule has 0 spiro atoms. The van der Waals surface area contributed by atoms with Crippen LogP contribution in [0.4, 0.5) is 9.59 Å². The van der Waals surface area contributed by atoms with E-state index in [0.717, 1.165) is 75.7 Å². The third-order valence-corrected chi connectivity index (χ3v) is 11.1. The van der Waals surface area contributed by atoms with Gasteiger partial charge in [-0.1, -0.05) is 63.8 Å². The lowest BCUT2D eigenvalue weighted by Gasteiger charge is -2.30. The molecule has 4 atom stereocenters. The third kappa shape index (κ3) is 8.20. The zero-order chi connectivity index (χ0) is 41.1. The van der Waals surface area contributed by atoms with Gasteiger partial charge >= 0.3 is 12.2 Å². The second-order valence-corrected chi connectivity index (χ2v) is 15.6. The van der Waals surface area contributed by atoms with Gasteiger partial charge in [-0.25, -0.2) is 19.6 Å². The number of aromatic amines is 2. The van der Waals surface area contributed by atoms with Crippen molar-refractivity contribution in [3.05, 3.63) is 83.6 Å². The molecule has 2 aromatic heterocycles. The van der Waals surface area contributed by atoms with Crippen molar-refractivity contribution in [2.45, 2.75) is 77.5 Å². The maximum atomic E-state index is 13.6. The summed E-state index contributed by atoms with van der Waals surface area (Å²) in [5, 5.41) is 7.39. The van der Waals surface area contributed by atoms with Gasteiger partial charge in [0.2, 0.25) is 11.8 Å². The van der Waals surface area contributed by atoms with Crippen molar-refractivity contribution >= 4 is 45.8 Å². The van der Waals surface area contributed by atoms with E-state index < -0.39 is 24.3 Å². The number of rotatable bonds is 9. The molecule has 0 aliphatic carbocycles. The van der Waals surface area contributed by atoms with Crippen LogP contribution in [0.5, 0.6) is 0 Å². The Labute approximate surface area is 337 Å². The highest BCUT2D eigenvalue weighted by Gasteiger charge is 2.39. The van der Waals surface area contributed by atoms with E-state index in [9.17, 15) is 19.2 Å². The van der Waals surface area contributed by atoms with Gasteiger partial charge in [0.1, 0.15) is 23.7 Å². The summed E-state index contributed by atoms with van der Waals surface area (Å²) in [6.45, 7) is 8.77. The SMILES string of the molecule is COC(=O)N[C@H](C(=O)N1CCC[C@@H]1c1nc2c(ccc3cc(C#Cc4ccc(-c5cnc([C@@H]6CCCN6C(=O)[C@@H](NC(=O)OC)C(C)C)[nH]5)cc4)ccc32)[nH]1)C(C)C. The fourth-order valence-corrected chi connectivity index (χ4v) is 7.97. The molecule has 5 aromatic rings. The fraction of sp³-hybridized carbons (Fsp3) is 0.409. The monoisotopic (exact) mass is 786 g/mol. The smallest absolute Gasteiger partial charge is 0.407 e. The number of carbonyl (C=O) groups excluding carboxylic acids is 4. The molecule has 4 heterocycles. The minimum atomic E-state index is -0.697. The predicted molar refractivity (Wildman–Crippen MR) is 219 cm³/mol. The van der Waals surface area contributed by atoms with Crippen LogP contribution in [0.2, 0.25) is 0 Å². The molecule has 14 nitrogen and oxygen atoms in total. The molecule has 58 heavy (non-hydrogen) atoms. The molecule has 0 saturated carbocycles. The van der Waals surface area contributed by atoms with Gasteiger partial charge in [-0.2, -0.15) is 0 Å². The number of hydrogen-bond donors (Lipinski definition) is 4. The molecule has 0 bridgehead atoms.